The molecule has 1 fully saturated rings. The second-order valence-electron chi connectivity index (χ2n) is 17.2. The molecule has 1 heterocycles. The number of esters is 1. The number of methoxy groups -OCH3 is 2. The van der Waals surface area contributed by atoms with Gasteiger partial charge in [0.1, 0.15) is 30.5 Å². The molecule has 1 unspecified atom stereocenters. The second-order valence-corrected chi connectivity index (χ2v) is 17.2. The van der Waals surface area contributed by atoms with E-state index in [-0.39, 0.29) is 35.2 Å². The molecule has 1 atom stereocenters. The van der Waals surface area contributed by atoms with Crippen LogP contribution in [0.4, 0.5) is 0 Å². The third kappa shape index (κ3) is 6.08. The Morgan fingerprint density at radius 2 is 1.41 bits per heavy atom. The molecule has 1 spiro atoms. The van der Waals surface area contributed by atoms with Crippen molar-refractivity contribution in [2.24, 2.45) is 10.8 Å². The number of ether oxygens (including phenoxy) is 5. The monoisotopic (exact) mass is 750 g/mol. The highest BCUT2D eigenvalue weighted by atomic mass is 16.6. The molecule has 0 radical (unpaired) electrons. The molecular formula is C49H50O7. The fourth-order valence-corrected chi connectivity index (χ4v) is 10.4. The van der Waals surface area contributed by atoms with Crippen molar-refractivity contribution >= 4 is 22.8 Å². The summed E-state index contributed by atoms with van der Waals surface area (Å²) in [6.07, 6.45) is 7.57. The summed E-state index contributed by atoms with van der Waals surface area (Å²) < 4.78 is 30.6. The van der Waals surface area contributed by atoms with Crippen LogP contribution in [0.3, 0.4) is 0 Å². The van der Waals surface area contributed by atoms with Crippen LogP contribution in [0.25, 0.3) is 28.0 Å². The smallest absolute Gasteiger partial charge is 0.333 e. The number of hydrogen-bond acceptors (Lipinski definition) is 7. The number of hydrogen-bond donors (Lipinski definition) is 1. The van der Waals surface area contributed by atoms with Crippen LogP contribution >= 0.6 is 0 Å². The van der Waals surface area contributed by atoms with E-state index in [0.29, 0.717) is 22.8 Å². The number of phenolic OH excluding ortho intramolecular Hbond substituents is 1. The predicted octanol–water partition coefficient (Wildman–Crippen LogP) is 10.9. The van der Waals surface area contributed by atoms with Gasteiger partial charge in [-0.2, -0.15) is 0 Å². The van der Waals surface area contributed by atoms with Gasteiger partial charge in [-0.15, -0.1) is 0 Å². The first-order valence-electron chi connectivity index (χ1n) is 19.3. The molecule has 1 aliphatic heterocycles. The highest BCUT2D eigenvalue weighted by molar-refractivity contribution is 6.09. The molecule has 0 amide bonds. The first-order chi connectivity index (χ1) is 26.7. The Hall–Kier alpha value is -5.69. The van der Waals surface area contributed by atoms with Crippen molar-refractivity contribution in [1.82, 2.24) is 0 Å². The minimum absolute atomic E-state index is 0.0843. The molecule has 3 aliphatic rings. The molecule has 0 saturated heterocycles. The zero-order valence-corrected chi connectivity index (χ0v) is 33.4. The van der Waals surface area contributed by atoms with Gasteiger partial charge < -0.3 is 28.8 Å². The fourth-order valence-electron chi connectivity index (χ4n) is 10.4. The SMILES string of the molecule is C=C(C)C(=O)OCCOc1ccc(C2(c3ccc(O)cc3)C=Cc3c4c(c5cc(OC)c(OC)cc5c3O2)-c2ccccc2C42CC(C)(C)CC(C)(C)C2)cc1. The van der Waals surface area contributed by atoms with Crippen LogP contribution in [0.1, 0.15) is 81.7 Å². The lowest BCUT2D eigenvalue weighted by Crippen LogP contribution is -2.44. The van der Waals surface area contributed by atoms with Crippen LogP contribution in [0, 0.1) is 10.8 Å². The molecule has 8 rings (SSSR count). The van der Waals surface area contributed by atoms with E-state index < -0.39 is 11.6 Å². The average Bonchev–Trinajstić information content (AvgIpc) is 3.43. The van der Waals surface area contributed by atoms with E-state index in [4.69, 9.17) is 23.7 Å². The van der Waals surface area contributed by atoms with Gasteiger partial charge in [0.05, 0.1) is 14.2 Å². The van der Waals surface area contributed by atoms with Crippen molar-refractivity contribution in [3.05, 3.63) is 131 Å². The molecule has 1 saturated carbocycles. The summed E-state index contributed by atoms with van der Waals surface area (Å²) in [7, 11) is 3.34. The van der Waals surface area contributed by atoms with Gasteiger partial charge in [0, 0.05) is 33.1 Å². The number of carbonyl (C=O) groups excluding carboxylic acids is 1. The van der Waals surface area contributed by atoms with Crippen molar-refractivity contribution in [2.45, 2.75) is 64.9 Å². The van der Waals surface area contributed by atoms with Gasteiger partial charge >= 0.3 is 5.97 Å². The van der Waals surface area contributed by atoms with Crippen LogP contribution in [-0.4, -0.2) is 38.5 Å². The molecule has 7 heteroatoms. The Morgan fingerprint density at radius 3 is 2.04 bits per heavy atom. The van der Waals surface area contributed by atoms with Gasteiger partial charge in [0.25, 0.3) is 0 Å². The summed E-state index contributed by atoms with van der Waals surface area (Å²) in [5, 5.41) is 12.4. The summed E-state index contributed by atoms with van der Waals surface area (Å²) >= 11 is 0. The molecule has 5 aromatic carbocycles. The van der Waals surface area contributed by atoms with E-state index in [1.54, 1.807) is 33.3 Å². The number of carbonyl (C=O) groups is 1. The van der Waals surface area contributed by atoms with Gasteiger partial charge in [-0.1, -0.05) is 88.9 Å². The molecule has 56 heavy (non-hydrogen) atoms. The number of phenols is 1. The van der Waals surface area contributed by atoms with Crippen molar-refractivity contribution in [1.29, 1.82) is 0 Å². The number of benzene rings is 5. The molecule has 0 bridgehead atoms. The lowest BCUT2D eigenvalue weighted by atomic mass is 9.52. The normalized spacial score (nSPS) is 19.3. The fraction of sp³-hybridized carbons (Fsp3) is 0.327. The van der Waals surface area contributed by atoms with Gasteiger partial charge in [0.2, 0.25) is 0 Å². The highest BCUT2D eigenvalue weighted by Crippen LogP contribution is 2.67. The number of rotatable bonds is 9. The third-order valence-corrected chi connectivity index (χ3v) is 11.8. The average molecular weight is 751 g/mol. The Labute approximate surface area is 329 Å². The van der Waals surface area contributed by atoms with E-state index in [1.807, 2.05) is 42.5 Å². The maximum atomic E-state index is 11.8. The van der Waals surface area contributed by atoms with Crippen LogP contribution in [0.15, 0.2) is 103 Å². The summed E-state index contributed by atoms with van der Waals surface area (Å²) in [5.41, 5.74) is 7.14. The third-order valence-electron chi connectivity index (χ3n) is 11.8. The van der Waals surface area contributed by atoms with E-state index in [2.05, 4.69) is 76.8 Å². The van der Waals surface area contributed by atoms with Gasteiger partial charge in [-0.25, -0.2) is 4.79 Å². The molecule has 5 aromatic rings. The number of aromatic hydroxyl groups is 1. The van der Waals surface area contributed by atoms with Crippen LogP contribution in [0.2, 0.25) is 0 Å². The van der Waals surface area contributed by atoms with Crippen molar-refractivity contribution in [3.63, 3.8) is 0 Å². The molecule has 0 aromatic heterocycles. The minimum Gasteiger partial charge on any atom is -0.508 e. The van der Waals surface area contributed by atoms with Crippen LogP contribution in [-0.2, 0) is 20.5 Å². The Kier molecular flexibility index (Phi) is 8.98. The summed E-state index contributed by atoms with van der Waals surface area (Å²) in [4.78, 5) is 11.8. The molecule has 7 nitrogen and oxygen atoms in total. The zero-order valence-electron chi connectivity index (χ0n) is 33.4. The van der Waals surface area contributed by atoms with E-state index in [1.165, 1.54) is 22.3 Å². The zero-order chi connectivity index (χ0) is 39.6. The lowest BCUT2D eigenvalue weighted by Gasteiger charge is -2.52. The Balaban J connectivity index is 1.34. The van der Waals surface area contributed by atoms with Crippen LogP contribution in [0.5, 0.6) is 28.7 Å². The van der Waals surface area contributed by atoms with Crippen molar-refractivity contribution < 1.29 is 33.6 Å². The van der Waals surface area contributed by atoms with E-state index in [9.17, 15) is 9.90 Å². The summed E-state index contributed by atoms with van der Waals surface area (Å²) in [5.74, 6) is 2.40. The standard InChI is InChI=1S/C49H50O7/c1-30(2)45(51)55-24-23-54-34-19-15-32(16-20-34)49(31-13-17-33(50)18-14-31)22-21-36-43-42(37-25-40(52-7)41(53-8)26-38(37)44(36)56-49)35-11-9-10-12-39(35)48(43)28-46(3,4)27-47(5,6)29-48/h9-22,25-26,50H,1,23-24,27-29H2,2-8H3. The van der Waals surface area contributed by atoms with Crippen LogP contribution < -0.4 is 18.9 Å². The van der Waals surface area contributed by atoms with E-state index in [0.717, 1.165) is 52.5 Å². The van der Waals surface area contributed by atoms with Crippen molar-refractivity contribution in [2.75, 3.05) is 27.4 Å². The van der Waals surface area contributed by atoms with Gasteiger partial charge in [0.15, 0.2) is 17.1 Å². The maximum Gasteiger partial charge on any atom is 0.333 e. The molecule has 2 aliphatic carbocycles. The minimum atomic E-state index is -1.08. The maximum absolute atomic E-state index is 11.8. The first kappa shape index (κ1) is 37.2. The van der Waals surface area contributed by atoms with Crippen molar-refractivity contribution in [3.8, 4) is 39.9 Å². The quantitative estimate of drug-likeness (QED) is 0.0912. The number of fused-ring (bicyclic) bond motifs is 10. The largest absolute Gasteiger partial charge is 0.508 e. The van der Waals surface area contributed by atoms with Gasteiger partial charge in [-0.3, -0.25) is 0 Å². The molecule has 1 N–H and O–H groups in total. The predicted molar refractivity (Wildman–Crippen MR) is 221 cm³/mol. The van der Waals surface area contributed by atoms with E-state index >= 15 is 0 Å². The Bertz CT molecular complexity index is 2390. The van der Waals surface area contributed by atoms with Gasteiger partial charge in [-0.05, 0) is 107 Å². The summed E-state index contributed by atoms with van der Waals surface area (Å²) in [6, 6.07) is 28.1. The molecular weight excluding hydrogens is 701 g/mol. The summed E-state index contributed by atoms with van der Waals surface area (Å²) in [6.45, 7) is 15.2. The highest BCUT2D eigenvalue weighted by Gasteiger charge is 2.55. The second kappa shape index (κ2) is 13.5. The first-order valence-corrected chi connectivity index (χ1v) is 19.3. The lowest BCUT2D eigenvalue weighted by molar-refractivity contribution is -0.139. The topological polar surface area (TPSA) is 83.5 Å². The molecule has 288 valence electrons. The Morgan fingerprint density at radius 1 is 0.804 bits per heavy atom.